The minimum atomic E-state index is 1.12. The Morgan fingerprint density at radius 2 is 0.868 bits per heavy atom. The van der Waals surface area contributed by atoms with E-state index in [1.807, 2.05) is 22.7 Å². The van der Waals surface area contributed by atoms with E-state index >= 15 is 0 Å². The summed E-state index contributed by atoms with van der Waals surface area (Å²) in [6.45, 7) is 0. The Hall–Kier alpha value is -6.26. The molecule has 0 amide bonds. The van der Waals surface area contributed by atoms with Gasteiger partial charge in [-0.2, -0.15) is 0 Å². The summed E-state index contributed by atoms with van der Waals surface area (Å²) in [6.07, 6.45) is 0. The Balaban J connectivity index is 1.16. The summed E-state index contributed by atoms with van der Waals surface area (Å²) in [6, 6.07) is 68.9. The van der Waals surface area contributed by atoms with Crippen LogP contribution in [-0.4, -0.2) is 0 Å². The highest BCUT2D eigenvalue weighted by molar-refractivity contribution is 7.28. The van der Waals surface area contributed by atoms with Crippen LogP contribution in [-0.2, 0) is 0 Å². The normalized spacial score (nSPS) is 11.8. The number of hydrogen-bond acceptors (Lipinski definition) is 3. The minimum absolute atomic E-state index is 1.12. The van der Waals surface area contributed by atoms with Crippen LogP contribution in [0.3, 0.4) is 0 Å². The van der Waals surface area contributed by atoms with Gasteiger partial charge in [0.1, 0.15) is 0 Å². The summed E-state index contributed by atoms with van der Waals surface area (Å²) in [5.41, 5.74) is 8.31. The van der Waals surface area contributed by atoms with Crippen molar-refractivity contribution < 1.29 is 0 Å². The molecule has 0 bridgehead atoms. The van der Waals surface area contributed by atoms with Crippen molar-refractivity contribution in [2.75, 3.05) is 4.90 Å². The highest BCUT2D eigenvalue weighted by Gasteiger charge is 2.22. The van der Waals surface area contributed by atoms with E-state index in [0.29, 0.717) is 0 Å². The van der Waals surface area contributed by atoms with E-state index < -0.39 is 0 Å². The van der Waals surface area contributed by atoms with Crippen LogP contribution in [0.15, 0.2) is 188 Å². The van der Waals surface area contributed by atoms with E-state index in [1.54, 1.807) is 0 Å². The van der Waals surface area contributed by atoms with E-state index in [0.717, 1.165) is 11.4 Å². The van der Waals surface area contributed by atoms with Gasteiger partial charge in [-0.25, -0.2) is 0 Å². The molecule has 0 aliphatic carbocycles. The van der Waals surface area contributed by atoms with Gasteiger partial charge in [0.05, 0.1) is 16.1 Å². The molecule has 0 saturated carbocycles. The summed E-state index contributed by atoms with van der Waals surface area (Å²) < 4.78 is 5.31. The quantitative estimate of drug-likeness (QED) is 0.172. The summed E-state index contributed by atoms with van der Waals surface area (Å²) >= 11 is 3.82. The fourth-order valence-corrected chi connectivity index (χ4v) is 10.7. The van der Waals surface area contributed by atoms with Gasteiger partial charge in [0.25, 0.3) is 0 Å². The Bertz CT molecular complexity index is 3160. The zero-order valence-electron chi connectivity index (χ0n) is 28.7. The summed E-state index contributed by atoms with van der Waals surface area (Å²) in [5, 5.41) is 10.5. The van der Waals surface area contributed by atoms with Crippen molar-refractivity contribution in [1.82, 2.24) is 0 Å². The molecule has 0 aliphatic rings. The first-order chi connectivity index (χ1) is 26.3. The number of fused-ring (bicyclic) bond motifs is 10. The number of hydrogen-bond donors (Lipinski definition) is 0. The molecular formula is C50H31NS2. The van der Waals surface area contributed by atoms with Crippen molar-refractivity contribution in [1.29, 1.82) is 0 Å². The Morgan fingerprint density at radius 3 is 1.68 bits per heavy atom. The van der Waals surface area contributed by atoms with Gasteiger partial charge in [0, 0.05) is 46.9 Å². The van der Waals surface area contributed by atoms with Crippen molar-refractivity contribution in [3.05, 3.63) is 188 Å². The number of para-hydroxylation sites is 1. The molecule has 248 valence electrons. The Kier molecular flexibility index (Phi) is 6.97. The van der Waals surface area contributed by atoms with Gasteiger partial charge < -0.3 is 4.90 Å². The predicted octanol–water partition coefficient (Wildman–Crippen LogP) is 15.5. The average molecular weight is 710 g/mol. The molecule has 11 aromatic rings. The van der Waals surface area contributed by atoms with E-state index in [2.05, 4.69) is 193 Å². The lowest BCUT2D eigenvalue weighted by molar-refractivity contribution is 1.30. The standard InChI is InChI=1S/C50H31NS2/c1-2-12-33(13-3-1)39-18-8-9-22-43(39)51(36-27-24-35(25-28-36)38-20-10-16-32-14-4-6-17-37(32)38)44-23-11-21-41-47-46(53-50(41)44)31-30-45-48(47)42-29-26-34-15-5-7-19-40(34)49(42)52-45/h1-31H. The van der Waals surface area contributed by atoms with Crippen molar-refractivity contribution in [2.24, 2.45) is 0 Å². The Morgan fingerprint density at radius 1 is 0.321 bits per heavy atom. The van der Waals surface area contributed by atoms with Gasteiger partial charge in [-0.05, 0) is 74.6 Å². The Labute approximate surface area is 315 Å². The van der Waals surface area contributed by atoms with Gasteiger partial charge in [0.15, 0.2) is 0 Å². The highest BCUT2D eigenvalue weighted by atomic mass is 32.1. The van der Waals surface area contributed by atoms with Crippen LogP contribution < -0.4 is 4.90 Å². The fraction of sp³-hybridized carbons (Fsp3) is 0. The summed E-state index contributed by atoms with van der Waals surface area (Å²) in [5.74, 6) is 0. The fourth-order valence-electron chi connectivity index (χ4n) is 8.25. The molecule has 0 fully saturated rings. The first-order valence-electron chi connectivity index (χ1n) is 18.0. The third-order valence-electron chi connectivity index (χ3n) is 10.7. The number of thiophene rings is 2. The maximum atomic E-state index is 2.48. The van der Waals surface area contributed by atoms with E-state index in [-0.39, 0.29) is 0 Å². The van der Waals surface area contributed by atoms with Crippen molar-refractivity contribution in [3.8, 4) is 22.3 Å². The van der Waals surface area contributed by atoms with Gasteiger partial charge in [-0.3, -0.25) is 0 Å². The molecule has 0 atom stereocenters. The van der Waals surface area contributed by atoms with Crippen LogP contribution in [0.1, 0.15) is 0 Å². The lowest BCUT2D eigenvalue weighted by atomic mass is 9.97. The molecular weight excluding hydrogens is 679 g/mol. The van der Waals surface area contributed by atoms with Crippen LogP contribution in [0.5, 0.6) is 0 Å². The first kappa shape index (κ1) is 30.4. The van der Waals surface area contributed by atoms with Crippen molar-refractivity contribution >= 4 is 102 Å². The number of benzene rings is 9. The zero-order valence-corrected chi connectivity index (χ0v) is 30.3. The largest absolute Gasteiger partial charge is 0.308 e. The van der Waals surface area contributed by atoms with Crippen molar-refractivity contribution in [2.45, 2.75) is 0 Å². The smallest absolute Gasteiger partial charge is 0.0640 e. The lowest BCUT2D eigenvalue weighted by Crippen LogP contribution is -2.11. The van der Waals surface area contributed by atoms with Crippen molar-refractivity contribution in [3.63, 3.8) is 0 Å². The highest BCUT2D eigenvalue weighted by Crippen LogP contribution is 2.51. The van der Waals surface area contributed by atoms with Gasteiger partial charge in [0.2, 0.25) is 0 Å². The zero-order chi connectivity index (χ0) is 34.9. The molecule has 1 nitrogen and oxygen atoms in total. The van der Waals surface area contributed by atoms with Crippen LogP contribution >= 0.6 is 22.7 Å². The summed E-state index contributed by atoms with van der Waals surface area (Å²) in [7, 11) is 0. The maximum Gasteiger partial charge on any atom is 0.0640 e. The van der Waals surface area contributed by atoms with E-state index in [4.69, 9.17) is 0 Å². The average Bonchev–Trinajstić information content (AvgIpc) is 3.81. The maximum absolute atomic E-state index is 2.48. The molecule has 0 radical (unpaired) electrons. The molecule has 0 saturated heterocycles. The monoisotopic (exact) mass is 709 g/mol. The van der Waals surface area contributed by atoms with Gasteiger partial charge >= 0.3 is 0 Å². The SMILES string of the molecule is c1ccc(-c2ccccc2N(c2ccc(-c3cccc4ccccc34)cc2)c2cccc3c2sc2ccc4sc5c6ccccc6ccc5c4c23)cc1. The second-order valence-electron chi connectivity index (χ2n) is 13.6. The van der Waals surface area contributed by atoms with E-state index in [9.17, 15) is 0 Å². The lowest BCUT2D eigenvalue weighted by Gasteiger charge is -2.28. The van der Waals surface area contributed by atoms with E-state index in [1.165, 1.54) is 89.8 Å². The molecule has 53 heavy (non-hydrogen) atoms. The third-order valence-corrected chi connectivity index (χ3v) is 13.1. The van der Waals surface area contributed by atoms with Crippen LogP contribution in [0.2, 0.25) is 0 Å². The second-order valence-corrected chi connectivity index (χ2v) is 15.7. The first-order valence-corrected chi connectivity index (χ1v) is 19.6. The molecule has 2 aromatic heterocycles. The topological polar surface area (TPSA) is 3.24 Å². The second kappa shape index (κ2) is 12.2. The molecule has 11 rings (SSSR count). The third kappa shape index (κ3) is 4.82. The number of rotatable bonds is 5. The molecule has 2 heterocycles. The predicted molar refractivity (Wildman–Crippen MR) is 233 cm³/mol. The van der Waals surface area contributed by atoms with Gasteiger partial charge in [-0.1, -0.05) is 152 Å². The molecule has 3 heteroatoms. The molecule has 0 unspecified atom stereocenters. The molecule has 0 N–H and O–H groups in total. The summed E-state index contributed by atoms with van der Waals surface area (Å²) in [4.78, 5) is 2.48. The number of nitrogens with zero attached hydrogens (tertiary/aromatic N) is 1. The molecule has 0 aliphatic heterocycles. The minimum Gasteiger partial charge on any atom is -0.308 e. The van der Waals surface area contributed by atoms with Crippen LogP contribution in [0, 0.1) is 0 Å². The van der Waals surface area contributed by atoms with Gasteiger partial charge in [-0.15, -0.1) is 22.7 Å². The number of anilines is 3. The van der Waals surface area contributed by atoms with Crippen LogP contribution in [0.25, 0.3) is 84.1 Å². The molecule has 9 aromatic carbocycles. The van der Waals surface area contributed by atoms with Crippen LogP contribution in [0.4, 0.5) is 17.1 Å². The molecule has 0 spiro atoms.